The monoisotopic (exact) mass is 397 g/mol. The van der Waals surface area contributed by atoms with E-state index in [1.54, 1.807) is 13.0 Å². The van der Waals surface area contributed by atoms with Crippen LogP contribution in [-0.2, 0) is 11.8 Å². The first kappa shape index (κ1) is 19.6. The number of aromatic nitrogens is 3. The predicted octanol–water partition coefficient (Wildman–Crippen LogP) is 3.82. The number of benzene rings is 2. The third-order valence-corrected chi connectivity index (χ3v) is 5.33. The number of thioether (sulfide) groups is 1. The number of carbonyl (C=O) groups excluding carboxylic acids is 1. The molecule has 1 amide bonds. The molecule has 0 fully saturated rings. The average molecular weight is 397 g/mol. The lowest BCUT2D eigenvalue weighted by Crippen LogP contribution is -2.22. The van der Waals surface area contributed by atoms with E-state index >= 15 is 0 Å². The van der Waals surface area contributed by atoms with Crippen molar-refractivity contribution in [2.75, 3.05) is 5.32 Å². The first-order valence-electron chi connectivity index (χ1n) is 8.54. The largest absolute Gasteiger partial charge is 0.325 e. The van der Waals surface area contributed by atoms with E-state index < -0.39 is 10.2 Å². The molecule has 0 aliphatic carbocycles. The third kappa shape index (κ3) is 4.20. The summed E-state index contributed by atoms with van der Waals surface area (Å²) in [6.45, 7) is 3.76. The van der Waals surface area contributed by atoms with Gasteiger partial charge in [-0.15, -0.1) is 10.2 Å². The number of aryl methyl sites for hydroxylation is 1. The molecule has 28 heavy (non-hydrogen) atoms. The zero-order chi connectivity index (χ0) is 20.3. The smallest absolute Gasteiger partial charge is 0.271 e. The summed E-state index contributed by atoms with van der Waals surface area (Å²) in [4.78, 5) is 22.8. The molecular formula is C19H19N5O3S. The highest BCUT2D eigenvalue weighted by Gasteiger charge is 2.20. The number of carbonyl (C=O) groups is 1. The minimum Gasteiger partial charge on any atom is -0.325 e. The molecule has 0 radical (unpaired) electrons. The number of hydrogen-bond acceptors (Lipinski definition) is 6. The molecule has 0 saturated heterocycles. The third-order valence-electron chi connectivity index (χ3n) is 4.20. The second-order valence-corrected chi connectivity index (χ2v) is 7.54. The van der Waals surface area contributed by atoms with Gasteiger partial charge in [0.2, 0.25) is 5.91 Å². The number of anilines is 1. The van der Waals surface area contributed by atoms with Crippen molar-refractivity contribution in [2.24, 2.45) is 7.05 Å². The molecule has 0 saturated carbocycles. The molecule has 0 spiro atoms. The first-order chi connectivity index (χ1) is 13.4. The van der Waals surface area contributed by atoms with E-state index in [2.05, 4.69) is 15.5 Å². The van der Waals surface area contributed by atoms with Gasteiger partial charge in [0.1, 0.15) is 0 Å². The van der Waals surface area contributed by atoms with Crippen LogP contribution in [0.3, 0.4) is 0 Å². The van der Waals surface area contributed by atoms with Gasteiger partial charge in [0.25, 0.3) is 5.69 Å². The molecule has 0 aliphatic heterocycles. The summed E-state index contributed by atoms with van der Waals surface area (Å²) < 4.78 is 1.85. The quantitative estimate of drug-likeness (QED) is 0.385. The van der Waals surface area contributed by atoms with Gasteiger partial charge < -0.3 is 9.88 Å². The Kier molecular flexibility index (Phi) is 5.74. The fourth-order valence-electron chi connectivity index (χ4n) is 2.63. The molecule has 8 nitrogen and oxygen atoms in total. The Hall–Kier alpha value is -3.20. The van der Waals surface area contributed by atoms with Crippen LogP contribution in [-0.4, -0.2) is 30.8 Å². The molecule has 2 aromatic carbocycles. The Bertz CT molecular complexity index is 1030. The molecule has 1 unspecified atom stereocenters. The molecule has 144 valence electrons. The van der Waals surface area contributed by atoms with Crippen LogP contribution in [0.15, 0.2) is 53.7 Å². The zero-order valence-electron chi connectivity index (χ0n) is 15.6. The van der Waals surface area contributed by atoms with Crippen molar-refractivity contribution in [2.45, 2.75) is 24.3 Å². The number of nitrogens with one attached hydrogen (secondary N) is 1. The van der Waals surface area contributed by atoms with Crippen LogP contribution in [0.5, 0.6) is 0 Å². The highest BCUT2D eigenvalue weighted by Crippen LogP contribution is 2.28. The summed E-state index contributed by atoms with van der Waals surface area (Å²) in [7, 11) is 1.86. The molecule has 9 heteroatoms. The van der Waals surface area contributed by atoms with Crippen LogP contribution in [0.4, 0.5) is 11.4 Å². The Morgan fingerprint density at radius 2 is 1.96 bits per heavy atom. The standard InChI is InChI=1S/C19H19N5O3S/c1-12-7-4-5-10-16(12)17-21-22-19(23(17)3)28-13(2)18(25)20-14-8-6-9-15(11-14)24(26)27/h4-11,13H,1-3H3,(H,20,25). The number of nitrogens with zero attached hydrogens (tertiary/aromatic N) is 4. The van der Waals surface area contributed by atoms with Crippen molar-refractivity contribution >= 4 is 29.0 Å². The predicted molar refractivity (Wildman–Crippen MR) is 108 cm³/mol. The van der Waals surface area contributed by atoms with Gasteiger partial charge in [0.05, 0.1) is 10.2 Å². The lowest BCUT2D eigenvalue weighted by molar-refractivity contribution is -0.384. The van der Waals surface area contributed by atoms with E-state index in [-0.39, 0.29) is 11.6 Å². The summed E-state index contributed by atoms with van der Waals surface area (Å²) in [6.07, 6.45) is 0. The molecule has 0 bridgehead atoms. The van der Waals surface area contributed by atoms with E-state index in [4.69, 9.17) is 0 Å². The lowest BCUT2D eigenvalue weighted by Gasteiger charge is -2.12. The van der Waals surface area contributed by atoms with Gasteiger partial charge in [-0.05, 0) is 25.5 Å². The highest BCUT2D eigenvalue weighted by atomic mass is 32.2. The van der Waals surface area contributed by atoms with Gasteiger partial charge in [-0.2, -0.15) is 0 Å². The van der Waals surface area contributed by atoms with Gasteiger partial charge in [0, 0.05) is 30.4 Å². The normalized spacial score (nSPS) is 11.8. The Morgan fingerprint density at radius 1 is 1.21 bits per heavy atom. The van der Waals surface area contributed by atoms with Gasteiger partial charge >= 0.3 is 0 Å². The van der Waals surface area contributed by atoms with E-state index in [1.807, 2.05) is 42.8 Å². The molecule has 0 aliphatic rings. The van der Waals surface area contributed by atoms with Crippen molar-refractivity contribution in [3.63, 3.8) is 0 Å². The topological polar surface area (TPSA) is 103 Å². The van der Waals surface area contributed by atoms with Crippen LogP contribution in [0.2, 0.25) is 0 Å². The van der Waals surface area contributed by atoms with Crippen molar-refractivity contribution in [3.8, 4) is 11.4 Å². The molecule has 1 N–H and O–H groups in total. The first-order valence-corrected chi connectivity index (χ1v) is 9.42. The average Bonchev–Trinajstić information content (AvgIpc) is 3.02. The van der Waals surface area contributed by atoms with Gasteiger partial charge in [-0.3, -0.25) is 14.9 Å². The van der Waals surface area contributed by atoms with Gasteiger partial charge in [-0.25, -0.2) is 0 Å². The van der Waals surface area contributed by atoms with Gasteiger partial charge in [0.15, 0.2) is 11.0 Å². The maximum atomic E-state index is 12.5. The van der Waals surface area contributed by atoms with Crippen molar-refractivity contribution in [1.29, 1.82) is 0 Å². The van der Waals surface area contributed by atoms with E-state index in [9.17, 15) is 14.9 Å². The zero-order valence-corrected chi connectivity index (χ0v) is 16.4. The molecule has 3 aromatic rings. The van der Waals surface area contributed by atoms with Crippen LogP contribution < -0.4 is 5.32 Å². The van der Waals surface area contributed by atoms with E-state index in [0.29, 0.717) is 10.8 Å². The molecule has 1 heterocycles. The maximum Gasteiger partial charge on any atom is 0.271 e. The Morgan fingerprint density at radius 3 is 2.68 bits per heavy atom. The summed E-state index contributed by atoms with van der Waals surface area (Å²) in [5, 5.41) is 22.2. The maximum absolute atomic E-state index is 12.5. The fraction of sp³-hybridized carbons (Fsp3) is 0.211. The minimum absolute atomic E-state index is 0.0747. The fourth-order valence-corrected chi connectivity index (χ4v) is 3.44. The summed E-state index contributed by atoms with van der Waals surface area (Å²) in [5.74, 6) is 0.456. The summed E-state index contributed by atoms with van der Waals surface area (Å²) in [6, 6.07) is 13.7. The number of nitro benzene ring substituents is 1. The number of rotatable bonds is 6. The van der Waals surface area contributed by atoms with Crippen LogP contribution in [0.1, 0.15) is 12.5 Å². The lowest BCUT2D eigenvalue weighted by atomic mass is 10.1. The van der Waals surface area contributed by atoms with Crippen LogP contribution in [0.25, 0.3) is 11.4 Å². The summed E-state index contributed by atoms with van der Waals surface area (Å²) >= 11 is 1.27. The second-order valence-electron chi connectivity index (χ2n) is 6.24. The molecule has 3 rings (SSSR count). The van der Waals surface area contributed by atoms with Crippen molar-refractivity contribution in [1.82, 2.24) is 14.8 Å². The summed E-state index contributed by atoms with van der Waals surface area (Å²) in [5.41, 5.74) is 2.38. The van der Waals surface area contributed by atoms with Crippen LogP contribution >= 0.6 is 11.8 Å². The Labute approximate surface area is 166 Å². The number of nitro groups is 1. The van der Waals surface area contributed by atoms with Gasteiger partial charge in [-0.1, -0.05) is 42.1 Å². The van der Waals surface area contributed by atoms with Crippen molar-refractivity contribution in [3.05, 3.63) is 64.2 Å². The van der Waals surface area contributed by atoms with Crippen molar-refractivity contribution < 1.29 is 9.72 Å². The number of non-ortho nitro benzene ring substituents is 1. The van der Waals surface area contributed by atoms with E-state index in [0.717, 1.165) is 17.0 Å². The van der Waals surface area contributed by atoms with Crippen LogP contribution in [0, 0.1) is 17.0 Å². The highest BCUT2D eigenvalue weighted by molar-refractivity contribution is 8.00. The SMILES string of the molecule is Cc1ccccc1-c1nnc(SC(C)C(=O)Nc2cccc([N+](=O)[O-])c2)n1C. The molecule has 1 atom stereocenters. The minimum atomic E-state index is -0.500. The second kappa shape index (κ2) is 8.22. The Balaban J connectivity index is 1.72. The number of amides is 1. The number of hydrogen-bond donors (Lipinski definition) is 1. The molecule has 1 aromatic heterocycles. The van der Waals surface area contributed by atoms with E-state index in [1.165, 1.54) is 30.0 Å². The molecular weight excluding hydrogens is 378 g/mol.